The molecule has 1 aliphatic rings. The lowest BCUT2D eigenvalue weighted by Crippen LogP contribution is -2.27. The zero-order chi connectivity index (χ0) is 11.4. The number of nitrogens with zero attached hydrogens (tertiary/aromatic N) is 1. The Bertz CT molecular complexity index is 320. The van der Waals surface area contributed by atoms with Crippen molar-refractivity contribution < 1.29 is 9.47 Å². The van der Waals surface area contributed by atoms with E-state index in [0.717, 1.165) is 31.6 Å². The minimum atomic E-state index is 0.0577. The van der Waals surface area contributed by atoms with E-state index in [1.807, 2.05) is 12.1 Å². The fraction of sp³-hybridized carbons (Fsp3) is 0.583. The molecule has 4 nitrogen and oxygen atoms in total. The van der Waals surface area contributed by atoms with Crippen LogP contribution < -0.4 is 10.5 Å². The summed E-state index contributed by atoms with van der Waals surface area (Å²) in [5, 5.41) is 0. The molecule has 0 bridgehead atoms. The van der Waals surface area contributed by atoms with E-state index in [9.17, 15) is 0 Å². The van der Waals surface area contributed by atoms with Gasteiger partial charge in [-0.15, -0.1) is 0 Å². The lowest BCUT2D eigenvalue weighted by Gasteiger charge is -2.27. The predicted molar refractivity (Wildman–Crippen MR) is 61.3 cm³/mol. The lowest BCUT2D eigenvalue weighted by molar-refractivity contribution is 0.0583. The Hall–Kier alpha value is -1.13. The molecule has 2 heterocycles. The molecule has 1 saturated heterocycles. The molecule has 4 heteroatoms. The zero-order valence-corrected chi connectivity index (χ0v) is 9.56. The maximum atomic E-state index is 6.22. The van der Waals surface area contributed by atoms with Gasteiger partial charge in [0, 0.05) is 31.5 Å². The van der Waals surface area contributed by atoms with Gasteiger partial charge < -0.3 is 15.2 Å². The minimum Gasteiger partial charge on any atom is -0.481 e. The van der Waals surface area contributed by atoms with Crippen LogP contribution in [0.3, 0.4) is 0 Å². The smallest absolute Gasteiger partial charge is 0.212 e. The largest absolute Gasteiger partial charge is 0.481 e. The summed E-state index contributed by atoms with van der Waals surface area (Å²) in [5.41, 5.74) is 7.30. The fourth-order valence-corrected chi connectivity index (χ4v) is 2.06. The molecular formula is C12H18N2O2. The highest BCUT2D eigenvalue weighted by Gasteiger charge is 2.22. The number of rotatable bonds is 3. The standard InChI is InChI=1S/C12H18N2O2/c1-15-11-3-2-10(8-14-11)12(13)9-4-6-16-7-5-9/h2-3,8-9,12H,4-7,13H2,1H3. The van der Waals surface area contributed by atoms with E-state index in [4.69, 9.17) is 15.2 Å². The number of ether oxygens (including phenoxy) is 2. The van der Waals surface area contributed by atoms with Crippen LogP contribution in [0.1, 0.15) is 24.4 Å². The molecule has 16 heavy (non-hydrogen) atoms. The van der Waals surface area contributed by atoms with Gasteiger partial charge >= 0.3 is 0 Å². The number of hydrogen-bond acceptors (Lipinski definition) is 4. The molecule has 1 atom stereocenters. The molecule has 0 aromatic carbocycles. The molecule has 1 fully saturated rings. The summed E-state index contributed by atoms with van der Waals surface area (Å²) in [6, 6.07) is 3.91. The molecule has 0 spiro atoms. The normalized spacial score (nSPS) is 19.4. The molecular weight excluding hydrogens is 204 g/mol. The summed E-state index contributed by atoms with van der Waals surface area (Å²) in [5.74, 6) is 1.13. The van der Waals surface area contributed by atoms with E-state index in [-0.39, 0.29) is 6.04 Å². The van der Waals surface area contributed by atoms with Crippen LogP contribution in [0.5, 0.6) is 5.88 Å². The van der Waals surface area contributed by atoms with Gasteiger partial charge in [-0.25, -0.2) is 4.98 Å². The van der Waals surface area contributed by atoms with Crippen molar-refractivity contribution in [1.29, 1.82) is 0 Å². The van der Waals surface area contributed by atoms with Crippen LogP contribution >= 0.6 is 0 Å². The van der Waals surface area contributed by atoms with Gasteiger partial charge in [0.1, 0.15) is 0 Å². The molecule has 1 aromatic heterocycles. The third-order valence-corrected chi connectivity index (χ3v) is 3.13. The Balaban J connectivity index is 2.04. The van der Waals surface area contributed by atoms with Gasteiger partial charge in [-0.3, -0.25) is 0 Å². The van der Waals surface area contributed by atoms with Gasteiger partial charge in [0.25, 0.3) is 0 Å². The first kappa shape index (κ1) is 11.4. The Morgan fingerprint density at radius 3 is 2.75 bits per heavy atom. The quantitative estimate of drug-likeness (QED) is 0.842. The highest BCUT2D eigenvalue weighted by Crippen LogP contribution is 2.28. The molecule has 0 amide bonds. The molecule has 88 valence electrons. The first-order chi connectivity index (χ1) is 7.81. The monoisotopic (exact) mass is 222 g/mol. The van der Waals surface area contributed by atoms with Crippen molar-refractivity contribution in [3.8, 4) is 5.88 Å². The van der Waals surface area contributed by atoms with Crippen molar-refractivity contribution in [3.63, 3.8) is 0 Å². The Kier molecular flexibility index (Phi) is 3.74. The maximum absolute atomic E-state index is 6.22. The van der Waals surface area contributed by atoms with E-state index in [2.05, 4.69) is 4.98 Å². The highest BCUT2D eigenvalue weighted by atomic mass is 16.5. The van der Waals surface area contributed by atoms with Crippen molar-refractivity contribution in [2.24, 2.45) is 11.7 Å². The van der Waals surface area contributed by atoms with E-state index in [0.29, 0.717) is 11.8 Å². The average molecular weight is 222 g/mol. The molecule has 1 aromatic rings. The van der Waals surface area contributed by atoms with Crippen molar-refractivity contribution in [2.45, 2.75) is 18.9 Å². The Morgan fingerprint density at radius 1 is 1.44 bits per heavy atom. The van der Waals surface area contributed by atoms with Crippen LogP contribution in [0.15, 0.2) is 18.3 Å². The Labute approximate surface area is 95.8 Å². The second-order valence-corrected chi connectivity index (χ2v) is 4.11. The minimum absolute atomic E-state index is 0.0577. The van der Waals surface area contributed by atoms with Crippen LogP contribution in [-0.2, 0) is 4.74 Å². The lowest BCUT2D eigenvalue weighted by atomic mass is 9.88. The number of aromatic nitrogens is 1. The van der Waals surface area contributed by atoms with E-state index in [1.165, 1.54) is 0 Å². The van der Waals surface area contributed by atoms with Crippen LogP contribution in [0, 0.1) is 5.92 Å². The number of hydrogen-bond donors (Lipinski definition) is 1. The summed E-state index contributed by atoms with van der Waals surface area (Å²) >= 11 is 0. The molecule has 0 radical (unpaired) electrons. The van der Waals surface area contributed by atoms with Crippen LogP contribution in [-0.4, -0.2) is 25.3 Å². The third-order valence-electron chi connectivity index (χ3n) is 3.13. The predicted octanol–water partition coefficient (Wildman–Crippen LogP) is 1.52. The van der Waals surface area contributed by atoms with Gasteiger partial charge in [0.05, 0.1) is 7.11 Å². The second kappa shape index (κ2) is 5.27. The maximum Gasteiger partial charge on any atom is 0.212 e. The summed E-state index contributed by atoms with van der Waals surface area (Å²) in [6.07, 6.45) is 3.87. The van der Waals surface area contributed by atoms with Gasteiger partial charge in [-0.2, -0.15) is 0 Å². The van der Waals surface area contributed by atoms with Gasteiger partial charge in [-0.05, 0) is 24.3 Å². The van der Waals surface area contributed by atoms with E-state index < -0.39 is 0 Å². The highest BCUT2D eigenvalue weighted by molar-refractivity contribution is 5.21. The molecule has 2 rings (SSSR count). The second-order valence-electron chi connectivity index (χ2n) is 4.11. The van der Waals surface area contributed by atoms with Crippen LogP contribution in [0.2, 0.25) is 0 Å². The first-order valence-electron chi connectivity index (χ1n) is 5.64. The van der Waals surface area contributed by atoms with Gasteiger partial charge in [-0.1, -0.05) is 6.07 Å². The first-order valence-corrected chi connectivity index (χ1v) is 5.64. The average Bonchev–Trinajstić information content (AvgIpc) is 2.39. The zero-order valence-electron chi connectivity index (χ0n) is 9.56. The van der Waals surface area contributed by atoms with E-state index in [1.54, 1.807) is 13.3 Å². The topological polar surface area (TPSA) is 57.4 Å². The van der Waals surface area contributed by atoms with Gasteiger partial charge in [0.2, 0.25) is 5.88 Å². The Morgan fingerprint density at radius 2 is 2.19 bits per heavy atom. The van der Waals surface area contributed by atoms with Crippen molar-refractivity contribution in [3.05, 3.63) is 23.9 Å². The summed E-state index contributed by atoms with van der Waals surface area (Å²) in [7, 11) is 1.61. The number of pyridine rings is 1. The fourth-order valence-electron chi connectivity index (χ4n) is 2.06. The van der Waals surface area contributed by atoms with E-state index >= 15 is 0 Å². The molecule has 0 aliphatic carbocycles. The molecule has 2 N–H and O–H groups in total. The van der Waals surface area contributed by atoms with Crippen molar-refractivity contribution >= 4 is 0 Å². The van der Waals surface area contributed by atoms with Crippen molar-refractivity contribution in [1.82, 2.24) is 4.98 Å². The number of methoxy groups -OCH3 is 1. The van der Waals surface area contributed by atoms with Crippen molar-refractivity contribution in [2.75, 3.05) is 20.3 Å². The summed E-state index contributed by atoms with van der Waals surface area (Å²) in [4.78, 5) is 4.18. The molecule has 1 aliphatic heterocycles. The van der Waals surface area contributed by atoms with Gasteiger partial charge in [0.15, 0.2) is 0 Å². The van der Waals surface area contributed by atoms with Crippen LogP contribution in [0.25, 0.3) is 0 Å². The van der Waals surface area contributed by atoms with Crippen LogP contribution in [0.4, 0.5) is 0 Å². The summed E-state index contributed by atoms with van der Waals surface area (Å²) in [6.45, 7) is 1.64. The summed E-state index contributed by atoms with van der Waals surface area (Å²) < 4.78 is 10.4. The molecule has 1 unspecified atom stereocenters. The SMILES string of the molecule is COc1ccc(C(N)C2CCOCC2)cn1. The molecule has 0 saturated carbocycles. The number of nitrogens with two attached hydrogens (primary N) is 1. The third kappa shape index (κ3) is 2.51.